The standard InChI is InChI=1S/C15H15FO/c16-14-8-10-15(11-9-14)17-12-4-7-13-5-2-1-3-6-13/h1-3,5-6,8-11H,4,7,12H2. The highest BCUT2D eigenvalue weighted by Crippen LogP contribution is 2.11. The Hall–Kier alpha value is -1.83. The van der Waals surface area contributed by atoms with E-state index < -0.39 is 0 Å². The average Bonchev–Trinajstić information content (AvgIpc) is 2.38. The summed E-state index contributed by atoms with van der Waals surface area (Å²) in [5.41, 5.74) is 1.32. The van der Waals surface area contributed by atoms with Crippen molar-refractivity contribution in [1.82, 2.24) is 0 Å². The van der Waals surface area contributed by atoms with Crippen LogP contribution in [0.5, 0.6) is 5.75 Å². The van der Waals surface area contributed by atoms with E-state index >= 15 is 0 Å². The molecule has 0 heterocycles. The summed E-state index contributed by atoms with van der Waals surface area (Å²) in [5, 5.41) is 0. The average molecular weight is 230 g/mol. The summed E-state index contributed by atoms with van der Waals surface area (Å²) in [4.78, 5) is 0. The molecule has 0 aliphatic carbocycles. The van der Waals surface area contributed by atoms with E-state index in [1.807, 2.05) is 18.2 Å². The van der Waals surface area contributed by atoms with Crippen LogP contribution in [-0.4, -0.2) is 6.61 Å². The van der Waals surface area contributed by atoms with Crippen LogP contribution < -0.4 is 4.74 Å². The molecular weight excluding hydrogens is 215 g/mol. The minimum atomic E-state index is -0.235. The molecule has 0 radical (unpaired) electrons. The number of ether oxygens (including phenoxy) is 1. The number of hydrogen-bond donors (Lipinski definition) is 0. The molecule has 0 spiro atoms. The van der Waals surface area contributed by atoms with Gasteiger partial charge in [0.1, 0.15) is 11.6 Å². The van der Waals surface area contributed by atoms with Crippen LogP contribution in [0.1, 0.15) is 12.0 Å². The summed E-state index contributed by atoms with van der Waals surface area (Å²) in [7, 11) is 0. The number of hydrogen-bond acceptors (Lipinski definition) is 1. The number of halogens is 1. The van der Waals surface area contributed by atoms with E-state index in [0.29, 0.717) is 6.61 Å². The molecule has 0 bridgehead atoms. The Morgan fingerprint density at radius 3 is 2.29 bits per heavy atom. The SMILES string of the molecule is Fc1ccc(OCCCc2ccccc2)cc1. The van der Waals surface area contributed by atoms with E-state index in [0.717, 1.165) is 18.6 Å². The number of rotatable bonds is 5. The van der Waals surface area contributed by atoms with Gasteiger partial charge in [-0.25, -0.2) is 4.39 Å². The lowest BCUT2D eigenvalue weighted by Gasteiger charge is -2.05. The van der Waals surface area contributed by atoms with Gasteiger partial charge in [-0.3, -0.25) is 0 Å². The van der Waals surface area contributed by atoms with Crippen LogP contribution in [-0.2, 0) is 6.42 Å². The Morgan fingerprint density at radius 1 is 0.882 bits per heavy atom. The minimum absolute atomic E-state index is 0.235. The second-order valence-electron chi connectivity index (χ2n) is 3.89. The van der Waals surface area contributed by atoms with E-state index in [1.54, 1.807) is 12.1 Å². The second-order valence-corrected chi connectivity index (χ2v) is 3.89. The molecule has 0 aromatic heterocycles. The molecule has 0 unspecified atom stereocenters. The van der Waals surface area contributed by atoms with Crippen molar-refractivity contribution in [1.29, 1.82) is 0 Å². The smallest absolute Gasteiger partial charge is 0.123 e. The van der Waals surface area contributed by atoms with Crippen LogP contribution in [0.3, 0.4) is 0 Å². The van der Waals surface area contributed by atoms with Crippen molar-refractivity contribution in [2.45, 2.75) is 12.8 Å². The molecule has 0 saturated carbocycles. The Labute approximate surface area is 101 Å². The molecule has 0 saturated heterocycles. The first-order valence-corrected chi connectivity index (χ1v) is 5.77. The van der Waals surface area contributed by atoms with Crippen molar-refractivity contribution in [2.75, 3.05) is 6.61 Å². The molecule has 0 N–H and O–H groups in total. The lowest BCUT2D eigenvalue weighted by Crippen LogP contribution is -1.99. The molecule has 2 heteroatoms. The summed E-state index contributed by atoms with van der Waals surface area (Å²) in [6.07, 6.45) is 1.96. The van der Waals surface area contributed by atoms with Crippen molar-refractivity contribution in [3.05, 3.63) is 66.0 Å². The molecule has 0 atom stereocenters. The maximum Gasteiger partial charge on any atom is 0.123 e. The van der Waals surface area contributed by atoms with Crippen LogP contribution in [0.2, 0.25) is 0 Å². The fourth-order valence-electron chi connectivity index (χ4n) is 1.64. The van der Waals surface area contributed by atoms with Gasteiger partial charge < -0.3 is 4.74 Å². The molecule has 0 fully saturated rings. The first-order valence-electron chi connectivity index (χ1n) is 5.77. The molecule has 88 valence electrons. The molecule has 0 amide bonds. The van der Waals surface area contributed by atoms with Gasteiger partial charge in [0.05, 0.1) is 6.61 Å². The van der Waals surface area contributed by atoms with Gasteiger partial charge in [0.15, 0.2) is 0 Å². The minimum Gasteiger partial charge on any atom is -0.494 e. The third-order valence-electron chi connectivity index (χ3n) is 2.53. The Kier molecular flexibility index (Phi) is 4.14. The summed E-state index contributed by atoms with van der Waals surface area (Å²) in [6.45, 7) is 0.653. The highest BCUT2D eigenvalue weighted by molar-refractivity contribution is 5.22. The van der Waals surface area contributed by atoms with Crippen LogP contribution >= 0.6 is 0 Å². The normalized spacial score (nSPS) is 10.2. The third-order valence-corrected chi connectivity index (χ3v) is 2.53. The monoisotopic (exact) mass is 230 g/mol. The van der Waals surface area contributed by atoms with Crippen molar-refractivity contribution >= 4 is 0 Å². The van der Waals surface area contributed by atoms with Crippen LogP contribution in [0.15, 0.2) is 54.6 Å². The van der Waals surface area contributed by atoms with Gasteiger partial charge in [0.2, 0.25) is 0 Å². The van der Waals surface area contributed by atoms with Crippen LogP contribution in [0.4, 0.5) is 4.39 Å². The Morgan fingerprint density at radius 2 is 1.59 bits per heavy atom. The van der Waals surface area contributed by atoms with Crippen molar-refractivity contribution in [3.8, 4) is 5.75 Å². The first-order chi connectivity index (χ1) is 8.34. The van der Waals surface area contributed by atoms with Crippen molar-refractivity contribution in [2.24, 2.45) is 0 Å². The van der Waals surface area contributed by atoms with E-state index in [1.165, 1.54) is 17.7 Å². The van der Waals surface area contributed by atoms with E-state index in [4.69, 9.17) is 4.74 Å². The molecular formula is C15H15FO. The van der Waals surface area contributed by atoms with Gasteiger partial charge in [0.25, 0.3) is 0 Å². The Balaban J connectivity index is 1.71. The van der Waals surface area contributed by atoms with Gasteiger partial charge in [-0.1, -0.05) is 30.3 Å². The first kappa shape index (κ1) is 11.6. The summed E-state index contributed by atoms with van der Waals surface area (Å²) in [6, 6.07) is 16.4. The van der Waals surface area contributed by atoms with Gasteiger partial charge >= 0.3 is 0 Å². The predicted octanol–water partition coefficient (Wildman–Crippen LogP) is 3.84. The van der Waals surface area contributed by atoms with Crippen LogP contribution in [0.25, 0.3) is 0 Å². The van der Waals surface area contributed by atoms with Gasteiger partial charge in [-0.05, 0) is 42.7 Å². The largest absolute Gasteiger partial charge is 0.494 e. The summed E-state index contributed by atoms with van der Waals surface area (Å²) in [5.74, 6) is 0.487. The molecule has 2 aromatic rings. The molecule has 0 aliphatic rings. The zero-order valence-corrected chi connectivity index (χ0v) is 9.60. The zero-order chi connectivity index (χ0) is 11.9. The number of aryl methyl sites for hydroxylation is 1. The molecule has 0 aliphatic heterocycles. The molecule has 1 nitrogen and oxygen atoms in total. The fraction of sp³-hybridized carbons (Fsp3) is 0.200. The maximum absolute atomic E-state index is 12.6. The van der Waals surface area contributed by atoms with Gasteiger partial charge in [-0.2, -0.15) is 0 Å². The van der Waals surface area contributed by atoms with E-state index in [-0.39, 0.29) is 5.82 Å². The molecule has 2 rings (SSSR count). The Bertz CT molecular complexity index is 436. The van der Waals surface area contributed by atoms with Gasteiger partial charge in [-0.15, -0.1) is 0 Å². The maximum atomic E-state index is 12.6. The lowest BCUT2D eigenvalue weighted by molar-refractivity contribution is 0.310. The quantitative estimate of drug-likeness (QED) is 0.709. The second kappa shape index (κ2) is 6.04. The van der Waals surface area contributed by atoms with Crippen LogP contribution in [0, 0.1) is 5.82 Å². The van der Waals surface area contributed by atoms with Gasteiger partial charge in [0, 0.05) is 0 Å². The van der Waals surface area contributed by atoms with Crippen molar-refractivity contribution in [3.63, 3.8) is 0 Å². The van der Waals surface area contributed by atoms with Crippen molar-refractivity contribution < 1.29 is 9.13 Å². The molecule has 17 heavy (non-hydrogen) atoms. The zero-order valence-electron chi connectivity index (χ0n) is 9.60. The lowest BCUT2D eigenvalue weighted by atomic mass is 10.1. The summed E-state index contributed by atoms with van der Waals surface area (Å²) >= 11 is 0. The summed E-state index contributed by atoms with van der Waals surface area (Å²) < 4.78 is 18.2. The fourth-order valence-corrected chi connectivity index (χ4v) is 1.64. The topological polar surface area (TPSA) is 9.23 Å². The highest BCUT2D eigenvalue weighted by Gasteiger charge is 1.95. The number of benzene rings is 2. The molecule has 2 aromatic carbocycles. The van der Waals surface area contributed by atoms with E-state index in [9.17, 15) is 4.39 Å². The van der Waals surface area contributed by atoms with E-state index in [2.05, 4.69) is 12.1 Å². The third kappa shape index (κ3) is 3.91. The predicted molar refractivity (Wildman–Crippen MR) is 66.7 cm³/mol. The highest BCUT2D eigenvalue weighted by atomic mass is 19.1.